The van der Waals surface area contributed by atoms with Crippen LogP contribution in [0.25, 0.3) is 0 Å². The summed E-state index contributed by atoms with van der Waals surface area (Å²) in [5, 5.41) is 2.79. The second-order valence-electron chi connectivity index (χ2n) is 7.33. The largest absolute Gasteiger partial charge is 0.484 e. The van der Waals surface area contributed by atoms with Crippen LogP contribution >= 0.6 is 0 Å². The lowest BCUT2D eigenvalue weighted by atomic mass is 10.0. The first-order chi connectivity index (χ1) is 15.0. The molecule has 0 saturated heterocycles. The van der Waals surface area contributed by atoms with Crippen molar-refractivity contribution in [3.8, 4) is 5.75 Å². The first kappa shape index (κ1) is 20.9. The van der Waals surface area contributed by atoms with Gasteiger partial charge in [-0.2, -0.15) is 0 Å². The Balaban J connectivity index is 1.37. The van der Waals surface area contributed by atoms with Crippen LogP contribution in [0.2, 0.25) is 0 Å². The van der Waals surface area contributed by atoms with Crippen molar-refractivity contribution >= 4 is 21.6 Å². The monoisotopic (exact) mass is 436 g/mol. The van der Waals surface area contributed by atoms with Crippen molar-refractivity contribution in [1.29, 1.82) is 0 Å². The Morgan fingerprint density at radius 3 is 2.42 bits per heavy atom. The maximum absolute atomic E-state index is 13.2. The highest BCUT2D eigenvalue weighted by Crippen LogP contribution is 2.32. The predicted molar refractivity (Wildman–Crippen MR) is 120 cm³/mol. The lowest BCUT2D eigenvalue weighted by Gasteiger charge is -2.30. The maximum atomic E-state index is 13.2. The molecule has 1 aliphatic heterocycles. The van der Waals surface area contributed by atoms with Gasteiger partial charge in [0.05, 0.1) is 10.6 Å². The van der Waals surface area contributed by atoms with Gasteiger partial charge in [-0.15, -0.1) is 0 Å². The van der Waals surface area contributed by atoms with Crippen molar-refractivity contribution in [3.05, 3.63) is 90.0 Å². The number of sulfonamides is 1. The molecule has 0 bridgehead atoms. The third-order valence-electron chi connectivity index (χ3n) is 5.18. The summed E-state index contributed by atoms with van der Waals surface area (Å²) < 4.78 is 33.3. The van der Waals surface area contributed by atoms with E-state index in [0.717, 1.165) is 29.7 Å². The van der Waals surface area contributed by atoms with Crippen LogP contribution in [0.4, 0.5) is 5.69 Å². The molecule has 1 heterocycles. The minimum atomic E-state index is -3.66. The SMILES string of the molecule is O=C(COc1ccc(S(=O)(=O)N2CCCc3ccccc32)cc1)NCc1ccccc1. The number of ether oxygens (including phenoxy) is 1. The van der Waals surface area contributed by atoms with E-state index in [1.807, 2.05) is 54.6 Å². The molecule has 4 rings (SSSR count). The Kier molecular flexibility index (Phi) is 6.23. The van der Waals surface area contributed by atoms with Gasteiger partial charge in [0.25, 0.3) is 15.9 Å². The molecule has 0 aliphatic carbocycles. The fraction of sp³-hybridized carbons (Fsp3) is 0.208. The highest BCUT2D eigenvalue weighted by atomic mass is 32.2. The summed E-state index contributed by atoms with van der Waals surface area (Å²) >= 11 is 0. The van der Waals surface area contributed by atoms with Crippen molar-refractivity contribution in [2.75, 3.05) is 17.5 Å². The number of fused-ring (bicyclic) bond motifs is 1. The van der Waals surface area contributed by atoms with Gasteiger partial charge in [-0.05, 0) is 54.3 Å². The third-order valence-corrected chi connectivity index (χ3v) is 7.01. The van der Waals surface area contributed by atoms with Gasteiger partial charge in [0.1, 0.15) is 5.75 Å². The number of nitrogens with one attached hydrogen (secondary N) is 1. The topological polar surface area (TPSA) is 75.7 Å². The summed E-state index contributed by atoms with van der Waals surface area (Å²) in [6.07, 6.45) is 1.66. The lowest BCUT2D eigenvalue weighted by molar-refractivity contribution is -0.123. The van der Waals surface area contributed by atoms with Crippen LogP contribution in [0.5, 0.6) is 5.75 Å². The number of amides is 1. The van der Waals surface area contributed by atoms with Crippen molar-refractivity contribution in [3.63, 3.8) is 0 Å². The molecule has 0 radical (unpaired) electrons. The van der Waals surface area contributed by atoms with E-state index in [1.54, 1.807) is 12.1 Å². The first-order valence-corrected chi connectivity index (χ1v) is 11.6. The van der Waals surface area contributed by atoms with Crippen molar-refractivity contribution < 1.29 is 17.9 Å². The second-order valence-corrected chi connectivity index (χ2v) is 9.19. The zero-order chi connectivity index (χ0) is 21.7. The van der Waals surface area contributed by atoms with Gasteiger partial charge in [-0.25, -0.2) is 8.42 Å². The Bertz CT molecular complexity index is 1150. The standard InChI is InChI=1S/C24H24N2O4S/c27-24(25-17-19-7-2-1-3-8-19)18-30-21-12-14-22(15-13-21)31(28,29)26-16-6-10-20-9-4-5-11-23(20)26/h1-5,7-9,11-15H,6,10,16-18H2,(H,25,27). The zero-order valence-corrected chi connectivity index (χ0v) is 17.8. The molecule has 3 aromatic carbocycles. The molecule has 1 aliphatic rings. The van der Waals surface area contributed by atoms with E-state index in [-0.39, 0.29) is 17.4 Å². The molecular formula is C24H24N2O4S. The molecule has 0 unspecified atom stereocenters. The number of carbonyl (C=O) groups excluding carboxylic acids is 1. The molecule has 1 amide bonds. The van der Waals surface area contributed by atoms with Gasteiger partial charge in [0.2, 0.25) is 0 Å². The fourth-order valence-corrected chi connectivity index (χ4v) is 5.12. The molecule has 7 heteroatoms. The van der Waals surface area contributed by atoms with Crippen LogP contribution in [0, 0.1) is 0 Å². The zero-order valence-electron chi connectivity index (χ0n) is 17.0. The number of carbonyl (C=O) groups is 1. The quantitative estimate of drug-likeness (QED) is 0.615. The molecule has 0 saturated carbocycles. The third kappa shape index (κ3) is 4.88. The summed E-state index contributed by atoms with van der Waals surface area (Å²) in [5.74, 6) is 0.193. The van der Waals surface area contributed by atoms with Crippen LogP contribution < -0.4 is 14.4 Å². The van der Waals surface area contributed by atoms with E-state index in [1.165, 1.54) is 16.4 Å². The Morgan fingerprint density at radius 1 is 0.935 bits per heavy atom. The number of nitrogens with zero attached hydrogens (tertiary/aromatic N) is 1. The molecule has 0 atom stereocenters. The van der Waals surface area contributed by atoms with Crippen LogP contribution in [0.1, 0.15) is 17.5 Å². The van der Waals surface area contributed by atoms with Crippen molar-refractivity contribution in [1.82, 2.24) is 5.32 Å². The molecule has 160 valence electrons. The second kappa shape index (κ2) is 9.22. The van der Waals surface area contributed by atoms with E-state index in [0.29, 0.717) is 18.8 Å². The fourth-order valence-electron chi connectivity index (χ4n) is 3.58. The van der Waals surface area contributed by atoms with E-state index in [9.17, 15) is 13.2 Å². The normalized spacial score (nSPS) is 13.4. The van der Waals surface area contributed by atoms with Gasteiger partial charge in [-0.1, -0.05) is 48.5 Å². The number of rotatable bonds is 7. The Morgan fingerprint density at radius 2 is 1.65 bits per heavy atom. The molecule has 1 N–H and O–H groups in total. The molecule has 3 aromatic rings. The molecule has 0 spiro atoms. The van der Waals surface area contributed by atoms with Crippen LogP contribution in [0.15, 0.2) is 83.8 Å². The minimum Gasteiger partial charge on any atom is -0.484 e. The molecular weight excluding hydrogens is 412 g/mol. The lowest BCUT2D eigenvalue weighted by Crippen LogP contribution is -2.35. The van der Waals surface area contributed by atoms with E-state index < -0.39 is 10.0 Å². The first-order valence-electron chi connectivity index (χ1n) is 10.2. The van der Waals surface area contributed by atoms with Gasteiger partial charge < -0.3 is 10.1 Å². The van der Waals surface area contributed by atoms with E-state index in [2.05, 4.69) is 5.32 Å². The number of para-hydroxylation sites is 1. The van der Waals surface area contributed by atoms with Crippen LogP contribution in [-0.4, -0.2) is 27.5 Å². The average Bonchev–Trinajstić information content (AvgIpc) is 2.82. The van der Waals surface area contributed by atoms with E-state index in [4.69, 9.17) is 4.74 Å². The van der Waals surface area contributed by atoms with Crippen LogP contribution in [-0.2, 0) is 27.8 Å². The Hall–Kier alpha value is -3.32. The number of aryl methyl sites for hydroxylation is 1. The number of hydrogen-bond donors (Lipinski definition) is 1. The maximum Gasteiger partial charge on any atom is 0.264 e. The highest BCUT2D eigenvalue weighted by Gasteiger charge is 2.28. The highest BCUT2D eigenvalue weighted by molar-refractivity contribution is 7.92. The molecule has 0 fully saturated rings. The summed E-state index contributed by atoms with van der Waals surface area (Å²) in [7, 11) is -3.66. The molecule has 31 heavy (non-hydrogen) atoms. The summed E-state index contributed by atoms with van der Waals surface area (Å²) in [4.78, 5) is 12.2. The average molecular weight is 437 g/mol. The predicted octanol–water partition coefficient (Wildman–Crippen LogP) is 3.52. The summed E-state index contributed by atoms with van der Waals surface area (Å²) in [6.45, 7) is 0.745. The minimum absolute atomic E-state index is 0.140. The summed E-state index contributed by atoms with van der Waals surface area (Å²) in [5.41, 5.74) is 2.78. The molecule has 0 aromatic heterocycles. The molecule has 6 nitrogen and oxygen atoms in total. The van der Waals surface area contributed by atoms with Gasteiger partial charge in [0, 0.05) is 13.1 Å². The van der Waals surface area contributed by atoms with Gasteiger partial charge in [-0.3, -0.25) is 9.10 Å². The van der Waals surface area contributed by atoms with Gasteiger partial charge >= 0.3 is 0 Å². The van der Waals surface area contributed by atoms with Gasteiger partial charge in [0.15, 0.2) is 6.61 Å². The van der Waals surface area contributed by atoms with Crippen molar-refractivity contribution in [2.45, 2.75) is 24.3 Å². The van der Waals surface area contributed by atoms with Crippen LogP contribution in [0.3, 0.4) is 0 Å². The van der Waals surface area contributed by atoms with Crippen molar-refractivity contribution in [2.24, 2.45) is 0 Å². The number of benzene rings is 3. The smallest absolute Gasteiger partial charge is 0.264 e. The number of hydrogen-bond acceptors (Lipinski definition) is 4. The Labute approximate surface area is 182 Å². The number of anilines is 1. The summed E-state index contributed by atoms with van der Waals surface area (Å²) in [6, 6.07) is 23.4. The van der Waals surface area contributed by atoms with E-state index >= 15 is 0 Å².